The first kappa shape index (κ1) is 88.8. The molecule has 4 aromatic carbocycles. The van der Waals surface area contributed by atoms with Crippen LogP contribution in [0.1, 0.15) is 84.2 Å². The van der Waals surface area contributed by atoms with Gasteiger partial charge in [-0.1, -0.05) is 152 Å². The molecule has 0 unspecified atom stereocenters. The third kappa shape index (κ3) is 25.5. The quantitative estimate of drug-likeness (QED) is 0.0265. The van der Waals surface area contributed by atoms with Crippen LogP contribution in [0.3, 0.4) is 0 Å². The number of nitrogens with zero attached hydrogens (tertiary/aromatic N) is 15. The van der Waals surface area contributed by atoms with Crippen LogP contribution < -0.4 is 73.2 Å². The van der Waals surface area contributed by atoms with Gasteiger partial charge in [-0.25, -0.2) is 59.8 Å². The van der Waals surface area contributed by atoms with Gasteiger partial charge in [0.05, 0.1) is 67.6 Å². The summed E-state index contributed by atoms with van der Waals surface area (Å²) < 4.78 is 0. The Morgan fingerprint density at radius 1 is 0.342 bits per heavy atom. The second-order valence-electron chi connectivity index (χ2n) is 26.0. The molecule has 610 valence electrons. The maximum atomic E-state index is 12.9. The summed E-state index contributed by atoms with van der Waals surface area (Å²) in [7, 11) is 0. The number of thiazole rings is 4. The zero-order valence-electron chi connectivity index (χ0n) is 64.2. The van der Waals surface area contributed by atoms with E-state index in [-0.39, 0.29) is 23.6 Å². The molecule has 3 aliphatic heterocycles. The lowest BCUT2D eigenvalue weighted by molar-refractivity contribution is 0.102. The van der Waals surface area contributed by atoms with Gasteiger partial charge < -0.3 is 73.2 Å². The highest BCUT2D eigenvalue weighted by atomic mass is 128. The summed E-state index contributed by atoms with van der Waals surface area (Å²) in [6.07, 6.45) is 6.08. The Balaban J connectivity index is 0.000000179. The molecule has 0 bridgehead atoms. The Bertz CT molecular complexity index is 5200. The molecule has 117 heavy (non-hydrogen) atoms. The number of carbonyl (C=O) groups is 4. The van der Waals surface area contributed by atoms with Gasteiger partial charge in [0.15, 0.2) is 20.5 Å². The van der Waals surface area contributed by atoms with Gasteiger partial charge >= 0.3 is 0 Å². The molecule has 15 rings (SSSR count). The van der Waals surface area contributed by atoms with E-state index in [1.807, 2.05) is 115 Å². The molecule has 0 saturated carbocycles. The van der Waals surface area contributed by atoms with Gasteiger partial charge in [0, 0.05) is 140 Å². The summed E-state index contributed by atoms with van der Waals surface area (Å²) in [6.45, 7) is 25.8. The summed E-state index contributed by atoms with van der Waals surface area (Å²) in [6, 6.07) is 29.1. The largest absolute Gasteiger partial charge is 0.354 e. The maximum absolute atomic E-state index is 12.9. The number of hydrogen-bond donors (Lipinski definition) is 11. The van der Waals surface area contributed by atoms with E-state index in [0.29, 0.717) is 161 Å². The molecule has 3 saturated heterocycles. The number of anilines is 15. The second-order valence-corrected chi connectivity index (χ2v) is 32.1. The zero-order chi connectivity index (χ0) is 83.2. The Morgan fingerprint density at radius 2 is 0.590 bits per heavy atom. The van der Waals surface area contributed by atoms with Crippen molar-refractivity contribution in [1.82, 2.24) is 75.8 Å². The Kier molecular flexibility index (Phi) is 32.7. The second kappa shape index (κ2) is 43.1. The molecule has 3 aliphatic rings. The van der Waals surface area contributed by atoms with Crippen molar-refractivity contribution in [2.45, 2.75) is 55.4 Å². The number of aromatic nitrogens is 12. The van der Waals surface area contributed by atoms with Crippen molar-refractivity contribution >= 4 is 248 Å². The average molecular weight is 1980 g/mol. The number of benzene rings is 4. The highest BCUT2D eigenvalue weighted by Crippen LogP contribution is 2.35. The molecule has 0 spiro atoms. The van der Waals surface area contributed by atoms with E-state index in [1.54, 1.807) is 43.5 Å². The minimum Gasteiger partial charge on any atom is -0.354 e. The first-order valence-electron chi connectivity index (χ1n) is 36.2. The van der Waals surface area contributed by atoms with Crippen molar-refractivity contribution in [3.05, 3.63) is 212 Å². The summed E-state index contributed by atoms with van der Waals surface area (Å²) in [5.74, 6) is 6.07. The minimum absolute atomic E-state index is 0.253. The Morgan fingerprint density at radius 3 is 0.846 bits per heavy atom. The highest BCUT2D eigenvalue weighted by Gasteiger charge is 2.25. The predicted molar refractivity (Wildman–Crippen MR) is 494 cm³/mol. The van der Waals surface area contributed by atoms with Crippen LogP contribution in [0.2, 0.25) is 25.2 Å². The van der Waals surface area contributed by atoms with Gasteiger partial charge in [-0.2, -0.15) is 0 Å². The maximum Gasteiger partial charge on any atom is 0.267 e. The average Bonchev–Trinajstić information content (AvgIpc) is 0.840. The van der Waals surface area contributed by atoms with E-state index in [0.717, 1.165) is 92.1 Å². The van der Waals surface area contributed by atoms with Gasteiger partial charge in [-0.05, 0) is 102 Å². The number of halogens is 7. The van der Waals surface area contributed by atoms with Crippen molar-refractivity contribution in [2.75, 3.05) is 136 Å². The fourth-order valence-corrected chi connectivity index (χ4v) is 15.8. The molecule has 11 heterocycles. The summed E-state index contributed by atoms with van der Waals surface area (Å²) >= 11 is 40.0. The molecule has 3 fully saturated rings. The van der Waals surface area contributed by atoms with Crippen molar-refractivity contribution in [2.24, 2.45) is 0 Å². The van der Waals surface area contributed by atoms with Gasteiger partial charge in [0.1, 0.15) is 88.7 Å². The molecule has 0 aliphatic carbocycles. The molecule has 41 heteroatoms. The predicted octanol–water partition coefficient (Wildman–Crippen LogP) is 17.5. The number of hydrogen-bond acceptors (Lipinski definition) is 30. The number of para-hydroxylation sites is 4. The van der Waals surface area contributed by atoms with Gasteiger partial charge in [-0.15, -0.1) is 0 Å². The number of nitrogens with one attached hydrogen (secondary N) is 11. The summed E-state index contributed by atoms with van der Waals surface area (Å²) in [5, 5.41) is 38.3. The van der Waals surface area contributed by atoms with E-state index < -0.39 is 0 Å². The van der Waals surface area contributed by atoms with Gasteiger partial charge in [-0.3, -0.25) is 19.2 Å². The van der Waals surface area contributed by atoms with E-state index in [1.165, 1.54) is 63.9 Å². The zero-order valence-corrected chi connectivity index (χ0v) is 75.5. The Labute approximate surface area is 739 Å². The summed E-state index contributed by atoms with van der Waals surface area (Å²) in [4.78, 5) is 112. The molecule has 4 amide bonds. The monoisotopic (exact) mass is 1980 g/mol. The lowest BCUT2D eigenvalue weighted by atomic mass is 10.2. The van der Waals surface area contributed by atoms with Crippen molar-refractivity contribution in [1.29, 1.82) is 0 Å². The lowest BCUT2D eigenvalue weighted by Crippen LogP contribution is -2.47. The van der Waals surface area contributed by atoms with Crippen LogP contribution in [0.25, 0.3) is 0 Å². The van der Waals surface area contributed by atoms with E-state index in [9.17, 15) is 19.2 Å². The van der Waals surface area contributed by atoms with Crippen LogP contribution >= 0.6 is 141 Å². The van der Waals surface area contributed by atoms with E-state index >= 15 is 0 Å². The highest BCUT2D eigenvalue weighted by molar-refractivity contribution is 15.0. The smallest absolute Gasteiger partial charge is 0.267 e. The molecular weight excluding hydrogens is 1900 g/mol. The normalized spacial score (nSPS) is 13.0. The molecule has 0 atom stereocenters. The number of amides is 4. The minimum atomic E-state index is -0.294. The third-order valence-electron chi connectivity index (χ3n) is 17.3. The van der Waals surface area contributed by atoms with Gasteiger partial charge in [0.2, 0.25) is 0 Å². The fourth-order valence-electron chi connectivity index (χ4n) is 11.6. The first-order chi connectivity index (χ1) is 56.4. The van der Waals surface area contributed by atoms with E-state index in [4.69, 9.17) is 68.0 Å². The number of carbonyl (C=O) groups excluding carboxylic acids is 4. The van der Waals surface area contributed by atoms with Crippen LogP contribution in [-0.2, 0) is 0 Å². The fraction of sp³-hybridized carbons (Fsp3) is 0.263. The first-order valence-corrected chi connectivity index (χ1v) is 47.6. The topological polar surface area (TPSA) is 365 Å². The molecule has 0 radical (unpaired) electrons. The van der Waals surface area contributed by atoms with Crippen LogP contribution in [0, 0.1) is 55.4 Å². The van der Waals surface area contributed by atoms with Crippen LogP contribution in [-0.4, -0.2) is 162 Å². The van der Waals surface area contributed by atoms with Crippen molar-refractivity contribution in [3.8, 4) is 0 Å². The lowest BCUT2D eigenvalue weighted by Gasteiger charge is -2.36. The molecule has 11 N–H and O–H groups in total. The summed E-state index contributed by atoms with van der Waals surface area (Å²) in [5.41, 5.74) is 5.88. The SMILES string of the molecule is C1CNCCN1.Cc1nc(Cl)cc(Nc2ncc(C(=O)Nc3c(C)cccc3Cl)s2)n1.Cc1nc(Nc2ncc(C(=O)Nc3c(C)cccc3Cl)s2)cc(N2CCN(c3cc(Nc4ncc(C(=O)Nc5c(C)cccc5Cl)s4)nc(C)n3)CC2)n1.Cc1nc(Nc2ncc(C(=O)Nc3c(C)cccc3Cl)s2)cc(N2CCNCC2)n1.II. The Hall–Kier alpha value is -9.01. The van der Waals surface area contributed by atoms with Crippen LogP contribution in [0.5, 0.6) is 0 Å². The number of aryl methyl sites for hydroxylation is 8. The van der Waals surface area contributed by atoms with Gasteiger partial charge in [0.25, 0.3) is 23.6 Å². The third-order valence-corrected chi connectivity index (χ3v) is 22.4. The van der Waals surface area contributed by atoms with E-state index in [2.05, 4.69) is 160 Å². The van der Waals surface area contributed by atoms with Crippen molar-refractivity contribution in [3.63, 3.8) is 0 Å². The molecular formula is C76H79Cl5I2N26O4S4. The van der Waals surface area contributed by atoms with Crippen molar-refractivity contribution < 1.29 is 19.2 Å². The van der Waals surface area contributed by atoms with Crippen LogP contribution in [0.4, 0.5) is 84.0 Å². The van der Waals surface area contributed by atoms with Crippen LogP contribution in [0.15, 0.2) is 122 Å². The molecule has 30 nitrogen and oxygen atoms in total. The standard InChI is InChI=1S/C36H34Cl2N12O2S2.C20H22ClN7OS.C16H13Cl2N5OS.C4H10N2.I2/c1-19-7-5-9-23(37)31(19)47-33(51)25-17-39-35(53-25)45-27-15-29(43-21(3)41-27)49-11-13-50(14-12-49)30-16-28(42-22(4)44-30)46-36-40-18-26(54-36)34(52)48-32-20(2)8-6-10-24(32)38;1-12-4-3-5-14(21)18(12)27-19(29)15-11-23-20(30-15)26-16-10-17(25-13(2)24-16)28-8-6-22-7-9-28;1-8-4-3-5-10(17)14(8)23-15(24)11-7-19-16(25-11)22-13-6-12(18)20-9(2)21-13;1-2-6-4-3-5-1;1-2/h5-10,15-18H,11-14H2,1-4H3,(H,47,51)(H,48,52)(H,39,41,43,45)(H,40,42,44,46);3-5,10-11,22H,6-9H2,1-2H3,(H,27,29)(H,23,24,25,26);3-7H,1-2H3,(H,23,24)(H,19,20,21,22);5-6H,1-4H2;. The number of rotatable bonds is 19. The number of piperazine rings is 3. The molecule has 8 aromatic heterocycles. The molecule has 12 aromatic rings.